The van der Waals surface area contributed by atoms with E-state index in [1.165, 1.54) is 5.56 Å². The van der Waals surface area contributed by atoms with Crippen molar-refractivity contribution in [1.82, 2.24) is 15.2 Å². The number of hydrogen-bond acceptors (Lipinski definition) is 6. The third-order valence-corrected chi connectivity index (χ3v) is 7.41. The predicted molar refractivity (Wildman–Crippen MR) is 127 cm³/mol. The Morgan fingerprint density at radius 3 is 2.82 bits per heavy atom. The maximum atomic E-state index is 13.0. The van der Waals surface area contributed by atoms with Crippen molar-refractivity contribution in [1.29, 1.82) is 0 Å². The van der Waals surface area contributed by atoms with Crippen LogP contribution in [-0.4, -0.2) is 61.2 Å². The van der Waals surface area contributed by atoms with Crippen molar-refractivity contribution in [3.8, 4) is 17.2 Å². The van der Waals surface area contributed by atoms with Gasteiger partial charge in [-0.05, 0) is 42.7 Å². The normalized spacial score (nSPS) is 20.4. The van der Waals surface area contributed by atoms with Crippen molar-refractivity contribution in [3.05, 3.63) is 47.7 Å². The molecule has 9 heteroatoms. The zero-order chi connectivity index (χ0) is 23.3. The SMILES string of the molecule is COc1ccc2c3c([nH]c2c1)[C@@H](CO)NCC31CCN(C(=O)Nc2ccc3c(c2)OCO3)CC1. The summed E-state index contributed by atoms with van der Waals surface area (Å²) in [5, 5.41) is 17.7. The molecule has 1 atom stereocenters. The monoisotopic (exact) mass is 464 g/mol. The minimum Gasteiger partial charge on any atom is -0.497 e. The molecular formula is C25H28N4O5. The van der Waals surface area contributed by atoms with Crippen LogP contribution < -0.4 is 24.8 Å². The lowest BCUT2D eigenvalue weighted by atomic mass is 9.69. The molecule has 3 aliphatic rings. The van der Waals surface area contributed by atoms with Gasteiger partial charge in [0, 0.05) is 59.5 Å². The predicted octanol–water partition coefficient (Wildman–Crippen LogP) is 3.11. The molecule has 0 unspecified atom stereocenters. The van der Waals surface area contributed by atoms with E-state index >= 15 is 0 Å². The van der Waals surface area contributed by atoms with Crippen molar-refractivity contribution in [2.75, 3.05) is 45.5 Å². The molecule has 0 saturated carbocycles. The van der Waals surface area contributed by atoms with Crippen LogP contribution in [0.3, 0.4) is 0 Å². The Kier molecular flexibility index (Phi) is 5.04. The highest BCUT2D eigenvalue weighted by Crippen LogP contribution is 2.46. The minimum atomic E-state index is -0.133. The van der Waals surface area contributed by atoms with Crippen LogP contribution in [-0.2, 0) is 5.41 Å². The molecule has 1 spiro atoms. The molecular weight excluding hydrogens is 436 g/mol. The zero-order valence-electron chi connectivity index (χ0n) is 19.0. The fourth-order valence-corrected chi connectivity index (χ4v) is 5.56. The number of fused-ring (bicyclic) bond motifs is 5. The molecule has 2 amide bonds. The molecule has 3 aromatic rings. The number of piperidine rings is 1. The van der Waals surface area contributed by atoms with E-state index in [4.69, 9.17) is 14.2 Å². The number of carbonyl (C=O) groups excluding carboxylic acids is 1. The van der Waals surface area contributed by atoms with Crippen LogP contribution in [0.15, 0.2) is 36.4 Å². The number of aliphatic hydroxyl groups is 1. The fourth-order valence-electron chi connectivity index (χ4n) is 5.56. The van der Waals surface area contributed by atoms with E-state index in [0.29, 0.717) is 30.3 Å². The third kappa shape index (κ3) is 3.35. The molecule has 9 nitrogen and oxygen atoms in total. The molecule has 4 heterocycles. The van der Waals surface area contributed by atoms with Crippen molar-refractivity contribution in [3.63, 3.8) is 0 Å². The number of likely N-dealkylation sites (tertiary alicyclic amines) is 1. The van der Waals surface area contributed by atoms with Crippen molar-refractivity contribution in [2.45, 2.75) is 24.3 Å². The first kappa shape index (κ1) is 21.1. The number of rotatable bonds is 3. The summed E-state index contributed by atoms with van der Waals surface area (Å²) in [6.07, 6.45) is 1.66. The Hall–Kier alpha value is -3.43. The lowest BCUT2D eigenvalue weighted by molar-refractivity contribution is 0.149. The average molecular weight is 465 g/mol. The second-order valence-electron chi connectivity index (χ2n) is 9.21. The first-order valence-corrected chi connectivity index (χ1v) is 11.6. The Balaban J connectivity index is 1.23. The maximum absolute atomic E-state index is 13.0. The van der Waals surface area contributed by atoms with Gasteiger partial charge in [0.05, 0.1) is 19.8 Å². The van der Waals surface area contributed by atoms with Crippen LogP contribution in [0, 0.1) is 0 Å². The van der Waals surface area contributed by atoms with Crippen LogP contribution in [0.1, 0.15) is 30.1 Å². The second kappa shape index (κ2) is 8.11. The highest BCUT2D eigenvalue weighted by atomic mass is 16.7. The molecule has 2 aromatic carbocycles. The van der Waals surface area contributed by atoms with Crippen LogP contribution >= 0.6 is 0 Å². The fraction of sp³-hybridized carbons (Fsp3) is 0.400. The topological polar surface area (TPSA) is 108 Å². The number of H-pyrrole nitrogens is 1. The van der Waals surface area contributed by atoms with Crippen LogP contribution in [0.5, 0.6) is 17.2 Å². The van der Waals surface area contributed by atoms with E-state index in [-0.39, 0.29) is 30.9 Å². The molecule has 3 aliphatic heterocycles. The molecule has 0 bridgehead atoms. The summed E-state index contributed by atoms with van der Waals surface area (Å²) in [5.74, 6) is 2.13. The summed E-state index contributed by atoms with van der Waals surface area (Å²) >= 11 is 0. The Bertz CT molecular complexity index is 1250. The first-order valence-electron chi connectivity index (χ1n) is 11.6. The molecule has 0 aliphatic carbocycles. The number of nitrogens with zero attached hydrogens (tertiary/aromatic N) is 1. The summed E-state index contributed by atoms with van der Waals surface area (Å²) in [6, 6.07) is 11.3. The molecule has 34 heavy (non-hydrogen) atoms. The number of nitrogens with one attached hydrogen (secondary N) is 3. The average Bonchev–Trinajstić information content (AvgIpc) is 3.49. The number of aromatic amines is 1. The van der Waals surface area contributed by atoms with Gasteiger partial charge in [-0.2, -0.15) is 0 Å². The molecule has 4 N–H and O–H groups in total. The smallest absolute Gasteiger partial charge is 0.321 e. The number of carbonyl (C=O) groups is 1. The summed E-state index contributed by atoms with van der Waals surface area (Å²) in [6.45, 7) is 2.28. The van der Waals surface area contributed by atoms with Crippen LogP contribution in [0.4, 0.5) is 10.5 Å². The highest BCUT2D eigenvalue weighted by Gasteiger charge is 2.44. The van der Waals surface area contributed by atoms with Gasteiger partial charge in [-0.1, -0.05) is 0 Å². The number of methoxy groups -OCH3 is 1. The van der Waals surface area contributed by atoms with Gasteiger partial charge in [-0.25, -0.2) is 4.79 Å². The van der Waals surface area contributed by atoms with E-state index < -0.39 is 0 Å². The van der Waals surface area contributed by atoms with E-state index in [0.717, 1.165) is 41.7 Å². The van der Waals surface area contributed by atoms with E-state index in [9.17, 15) is 9.90 Å². The Morgan fingerprint density at radius 1 is 1.21 bits per heavy atom. The van der Waals surface area contributed by atoms with Gasteiger partial charge in [0.25, 0.3) is 0 Å². The Labute approximate surface area is 197 Å². The molecule has 178 valence electrons. The standard InChI is InChI=1S/C25H28N4O5/c1-32-16-3-4-17-18(11-16)28-23-19(12-30)26-13-25(22(17)23)6-8-29(9-7-25)24(31)27-15-2-5-20-21(10-15)34-14-33-20/h2-5,10-11,19,26,28,30H,6-9,12-14H2,1H3,(H,27,31)/t19-/m1/s1. The number of aliphatic hydroxyl groups excluding tert-OH is 1. The second-order valence-corrected chi connectivity index (χ2v) is 9.21. The molecule has 1 aromatic heterocycles. The largest absolute Gasteiger partial charge is 0.497 e. The number of aromatic nitrogens is 1. The summed E-state index contributed by atoms with van der Waals surface area (Å²) < 4.78 is 16.2. The number of hydrogen-bond donors (Lipinski definition) is 4. The number of amides is 2. The molecule has 1 fully saturated rings. The third-order valence-electron chi connectivity index (χ3n) is 7.41. The van der Waals surface area contributed by atoms with E-state index in [1.54, 1.807) is 13.2 Å². The number of anilines is 1. The van der Waals surface area contributed by atoms with Gasteiger partial charge in [-0.15, -0.1) is 0 Å². The number of benzene rings is 2. The summed E-state index contributed by atoms with van der Waals surface area (Å²) in [5.41, 5.74) is 3.89. The van der Waals surface area contributed by atoms with Gasteiger partial charge in [0.2, 0.25) is 6.79 Å². The first-order chi connectivity index (χ1) is 16.6. The number of urea groups is 1. The van der Waals surface area contributed by atoms with Crippen molar-refractivity contribution >= 4 is 22.6 Å². The highest BCUT2D eigenvalue weighted by molar-refractivity contribution is 5.90. The van der Waals surface area contributed by atoms with Gasteiger partial charge in [-0.3, -0.25) is 0 Å². The van der Waals surface area contributed by atoms with E-state index in [1.807, 2.05) is 29.2 Å². The van der Waals surface area contributed by atoms with Crippen molar-refractivity contribution < 1.29 is 24.1 Å². The van der Waals surface area contributed by atoms with Gasteiger partial charge in [0.15, 0.2) is 11.5 Å². The van der Waals surface area contributed by atoms with Gasteiger partial charge in [0.1, 0.15) is 5.75 Å². The molecule has 6 rings (SSSR count). The van der Waals surface area contributed by atoms with Gasteiger partial charge >= 0.3 is 6.03 Å². The van der Waals surface area contributed by atoms with Crippen LogP contribution in [0.2, 0.25) is 0 Å². The van der Waals surface area contributed by atoms with Crippen LogP contribution in [0.25, 0.3) is 10.9 Å². The Morgan fingerprint density at radius 2 is 2.03 bits per heavy atom. The minimum absolute atomic E-state index is 0.0249. The number of ether oxygens (including phenoxy) is 3. The molecule has 1 saturated heterocycles. The maximum Gasteiger partial charge on any atom is 0.321 e. The lowest BCUT2D eigenvalue weighted by Gasteiger charge is -2.46. The van der Waals surface area contributed by atoms with Crippen molar-refractivity contribution in [2.24, 2.45) is 0 Å². The summed E-state index contributed by atoms with van der Waals surface area (Å²) in [7, 11) is 1.66. The lowest BCUT2D eigenvalue weighted by Crippen LogP contribution is -2.53. The summed E-state index contributed by atoms with van der Waals surface area (Å²) in [4.78, 5) is 18.4. The molecule has 0 radical (unpaired) electrons. The zero-order valence-corrected chi connectivity index (χ0v) is 19.0. The van der Waals surface area contributed by atoms with E-state index in [2.05, 4.69) is 21.7 Å². The van der Waals surface area contributed by atoms with Gasteiger partial charge < -0.3 is 39.8 Å². The quantitative estimate of drug-likeness (QED) is 0.475.